The summed E-state index contributed by atoms with van der Waals surface area (Å²) in [6.45, 7) is 21.0. The van der Waals surface area contributed by atoms with E-state index in [-0.39, 0.29) is 89.0 Å². The number of H-pyrrole nitrogens is 1. The second-order valence-electron chi connectivity index (χ2n) is 20.9. The molecule has 1 aliphatic rings. The summed E-state index contributed by atoms with van der Waals surface area (Å²) in [5, 5.41) is 71.7. The summed E-state index contributed by atoms with van der Waals surface area (Å²) in [5.41, 5.74) is 0.00704. The van der Waals surface area contributed by atoms with E-state index >= 15 is 0 Å². The number of carboxylic acid groups (broad SMARTS) is 7. The molecule has 3 rings (SSSR count). The molecule has 0 spiro atoms. The van der Waals surface area contributed by atoms with E-state index in [0.717, 1.165) is 38.5 Å². The molecule has 0 aliphatic heterocycles. The lowest BCUT2D eigenvalue weighted by atomic mass is 9.84. The first-order valence-electron chi connectivity index (χ1n) is 26.5. The molecular formula is C57H90N4O21. The Morgan fingerprint density at radius 2 is 1.10 bits per heavy atom. The Morgan fingerprint density at radius 1 is 0.573 bits per heavy atom. The highest BCUT2D eigenvalue weighted by molar-refractivity contribution is 5.97. The van der Waals surface area contributed by atoms with Crippen LogP contribution in [0.5, 0.6) is 0 Å². The van der Waals surface area contributed by atoms with Gasteiger partial charge in [-0.1, -0.05) is 65.3 Å². The van der Waals surface area contributed by atoms with Crippen molar-refractivity contribution in [2.24, 2.45) is 28.6 Å². The Bertz CT molecular complexity index is 2190. The summed E-state index contributed by atoms with van der Waals surface area (Å²) in [6.07, 6.45) is 8.78. The van der Waals surface area contributed by atoms with E-state index in [1.165, 1.54) is 53.7 Å². The van der Waals surface area contributed by atoms with Crippen molar-refractivity contribution < 1.29 is 103 Å². The molecule has 1 aliphatic carbocycles. The largest absolute Gasteiger partial charge is 0.481 e. The smallest absolute Gasteiger partial charge is 0.335 e. The lowest BCUT2D eigenvalue weighted by Crippen LogP contribution is -2.19. The molecule has 0 saturated heterocycles. The van der Waals surface area contributed by atoms with Gasteiger partial charge in [0, 0.05) is 69.3 Å². The average Bonchev–Trinajstić information content (AvgIpc) is 3.83. The summed E-state index contributed by atoms with van der Waals surface area (Å²) in [7, 11) is 0. The first-order valence-corrected chi connectivity index (χ1v) is 26.5. The Morgan fingerprint density at radius 3 is 1.44 bits per heavy atom. The van der Waals surface area contributed by atoms with Crippen molar-refractivity contribution in [2.45, 2.75) is 206 Å². The van der Waals surface area contributed by atoms with Crippen LogP contribution < -0.4 is 0 Å². The van der Waals surface area contributed by atoms with Crippen molar-refractivity contribution in [1.82, 2.24) is 20.6 Å². The normalized spacial score (nSPS) is 12.2. The van der Waals surface area contributed by atoms with Gasteiger partial charge in [-0.25, -0.2) is 4.79 Å². The van der Waals surface area contributed by atoms with Crippen LogP contribution in [0.25, 0.3) is 0 Å². The zero-order valence-corrected chi connectivity index (χ0v) is 50.0. The van der Waals surface area contributed by atoms with Gasteiger partial charge in [0.05, 0.1) is 24.3 Å². The minimum atomic E-state index is -1.02. The van der Waals surface area contributed by atoms with E-state index in [1.54, 1.807) is 53.7 Å². The lowest BCUT2D eigenvalue weighted by Gasteiger charge is -2.19. The van der Waals surface area contributed by atoms with Crippen LogP contribution in [-0.4, -0.2) is 139 Å². The second-order valence-corrected chi connectivity index (χ2v) is 20.9. The molecule has 8 N–H and O–H groups in total. The van der Waals surface area contributed by atoms with Crippen LogP contribution in [-0.2, 0) is 64.0 Å². The zero-order chi connectivity index (χ0) is 64.9. The number of benzene rings is 1. The quantitative estimate of drug-likeness (QED) is 0.0352. The number of carbonyl (C=O) groups is 14. The number of aromatic amines is 1. The standard InChI is InChI=1S/C9H8O3.C8H12O3.C8H14O3.3C7H12O3.C6H10N4O.C5H10O2/c1-6(10)7-3-2-4-8(5-7)9(11)12;1-6(9)4-8(2-3-8)5-7(10)11;1-6(9)4-8(2,3)5-7(10)11;1-5(3-6(2)8)4-7(9)10;1-5(6(2)8)3-4-7(9)10;1-5(7(9)10)3-4-6(2)8;1-5(11)3-2-4-6-7-9-10-8-6;1-2-3-4-5(6)7/h2-5H,1H3,(H,11,12);2-5H2,1H3,(H,10,11);4-5H2,1-3H3,(H,10,11);3*5H,3-4H2,1-2H3,(H,9,10);2-4H2,1H3,(H,7,8,9,10);2-4H2,1H3,(H,6,7). The van der Waals surface area contributed by atoms with E-state index in [9.17, 15) is 67.1 Å². The number of rotatable bonds is 29. The fourth-order valence-corrected chi connectivity index (χ4v) is 6.52. The molecule has 3 unspecified atom stereocenters. The number of ketones is 7. The van der Waals surface area contributed by atoms with Crippen LogP contribution in [0.4, 0.5) is 0 Å². The topological polar surface area (TPSA) is 435 Å². The first kappa shape index (κ1) is 83.1. The number of nitrogens with zero attached hydrogens (tertiary/aromatic N) is 3. The van der Waals surface area contributed by atoms with E-state index in [2.05, 4.69) is 20.6 Å². The maximum Gasteiger partial charge on any atom is 0.335 e. The third-order valence-corrected chi connectivity index (χ3v) is 11.0. The fourth-order valence-electron chi connectivity index (χ4n) is 6.52. The summed E-state index contributed by atoms with van der Waals surface area (Å²) >= 11 is 0. The highest BCUT2D eigenvalue weighted by atomic mass is 16.4. The number of hydrogen-bond acceptors (Lipinski definition) is 17. The van der Waals surface area contributed by atoms with Gasteiger partial charge in [0.2, 0.25) is 0 Å². The highest BCUT2D eigenvalue weighted by Crippen LogP contribution is 2.51. The maximum atomic E-state index is 10.8. The summed E-state index contributed by atoms with van der Waals surface area (Å²) in [6, 6.07) is 5.97. The van der Waals surface area contributed by atoms with Gasteiger partial charge in [-0.3, -0.25) is 38.4 Å². The zero-order valence-electron chi connectivity index (χ0n) is 50.0. The van der Waals surface area contributed by atoms with E-state index < -0.39 is 53.1 Å². The molecule has 0 radical (unpaired) electrons. The minimum Gasteiger partial charge on any atom is -0.481 e. The molecule has 1 aromatic heterocycles. The van der Waals surface area contributed by atoms with E-state index in [1.807, 2.05) is 6.92 Å². The molecular weight excluding hydrogens is 1080 g/mol. The van der Waals surface area contributed by atoms with Crippen LogP contribution in [0.1, 0.15) is 226 Å². The SMILES string of the molecule is CC(=O)C(C)CCC(=O)O.CC(=O)CC(C)(C)CC(=O)O.CC(=O)CC(C)CC(=O)O.CC(=O)CC1(CC(=O)O)CC1.CC(=O)CCC(C)C(=O)O.CC(=O)CCCc1nn[nH]n1.CC(=O)c1cccc(C(=O)O)c1.CCCCC(=O)O. The number of aromatic carboxylic acids is 1. The van der Waals surface area contributed by atoms with Crippen molar-refractivity contribution in [3.05, 3.63) is 41.2 Å². The number of Topliss-reactive ketones (excluding diaryl/α,β-unsaturated/α-hetero) is 7. The Kier molecular flexibility index (Phi) is 47.6. The van der Waals surface area contributed by atoms with Gasteiger partial charge in [0.15, 0.2) is 11.6 Å². The maximum absolute atomic E-state index is 10.8. The van der Waals surface area contributed by atoms with Crippen molar-refractivity contribution in [3.63, 3.8) is 0 Å². The molecule has 0 amide bonds. The Labute approximate surface area is 479 Å². The molecule has 464 valence electrons. The van der Waals surface area contributed by atoms with Crippen molar-refractivity contribution in [3.8, 4) is 0 Å². The number of aliphatic carboxylic acids is 6. The minimum absolute atomic E-state index is 0.0324. The fraction of sp³-hybridized carbons (Fsp3) is 0.632. The van der Waals surface area contributed by atoms with Gasteiger partial charge in [-0.05, 0) is 116 Å². The van der Waals surface area contributed by atoms with Crippen molar-refractivity contribution >= 4 is 82.3 Å². The first-order chi connectivity index (χ1) is 37.6. The van der Waals surface area contributed by atoms with Gasteiger partial charge in [0.25, 0.3) is 0 Å². The average molecular weight is 1170 g/mol. The Hall–Kier alpha value is -7.73. The van der Waals surface area contributed by atoms with Crippen molar-refractivity contribution in [1.29, 1.82) is 0 Å². The van der Waals surface area contributed by atoms with Crippen LogP contribution >= 0.6 is 0 Å². The predicted octanol–water partition coefficient (Wildman–Crippen LogP) is 8.88. The van der Waals surface area contributed by atoms with Crippen LogP contribution in [0.2, 0.25) is 0 Å². The van der Waals surface area contributed by atoms with Crippen molar-refractivity contribution in [2.75, 3.05) is 0 Å². The molecule has 1 heterocycles. The van der Waals surface area contributed by atoms with Crippen LogP contribution in [0, 0.1) is 28.6 Å². The predicted molar refractivity (Wildman–Crippen MR) is 299 cm³/mol. The molecule has 2 aromatic rings. The van der Waals surface area contributed by atoms with Gasteiger partial charge in [-0.15, -0.1) is 10.2 Å². The van der Waals surface area contributed by atoms with Crippen LogP contribution in [0.3, 0.4) is 0 Å². The number of unbranched alkanes of at least 4 members (excludes halogenated alkanes) is 1. The number of aryl methyl sites for hydroxylation is 1. The lowest BCUT2D eigenvalue weighted by molar-refractivity contribution is -0.142. The van der Waals surface area contributed by atoms with Crippen LogP contribution in [0.15, 0.2) is 24.3 Å². The molecule has 82 heavy (non-hydrogen) atoms. The number of nitrogens with one attached hydrogen (secondary N) is 1. The number of aromatic nitrogens is 4. The monoisotopic (exact) mass is 1170 g/mol. The molecule has 1 saturated carbocycles. The van der Waals surface area contributed by atoms with Gasteiger partial charge in [0.1, 0.15) is 34.7 Å². The molecule has 1 fully saturated rings. The van der Waals surface area contributed by atoms with Gasteiger partial charge >= 0.3 is 41.8 Å². The third kappa shape index (κ3) is 59.9. The third-order valence-electron chi connectivity index (χ3n) is 11.0. The second kappa shape index (κ2) is 47.0. The van der Waals surface area contributed by atoms with E-state index in [4.69, 9.17) is 35.7 Å². The molecule has 3 atom stereocenters. The summed E-state index contributed by atoms with van der Waals surface area (Å²) in [5.74, 6) is -5.36. The molecule has 1 aromatic carbocycles. The number of carbonyl (C=O) groups excluding carboxylic acids is 7. The number of carboxylic acids is 7. The molecule has 0 bridgehead atoms. The molecule has 25 heteroatoms. The Balaban J connectivity index is -0.000000276. The number of hydrogen-bond donors (Lipinski definition) is 8. The molecule has 25 nitrogen and oxygen atoms in total. The highest BCUT2D eigenvalue weighted by Gasteiger charge is 2.45. The van der Waals surface area contributed by atoms with Gasteiger partial charge in [-0.2, -0.15) is 5.21 Å². The van der Waals surface area contributed by atoms with E-state index in [0.29, 0.717) is 62.8 Å². The number of tetrazole rings is 1. The summed E-state index contributed by atoms with van der Waals surface area (Å²) < 4.78 is 0. The summed E-state index contributed by atoms with van der Waals surface area (Å²) in [4.78, 5) is 145. The van der Waals surface area contributed by atoms with Gasteiger partial charge < -0.3 is 59.7 Å².